The lowest BCUT2D eigenvalue weighted by molar-refractivity contribution is 0.189. The molecule has 0 fully saturated rings. The molecule has 0 heterocycles. The van der Waals surface area contributed by atoms with Gasteiger partial charge in [-0.2, -0.15) is 0 Å². The van der Waals surface area contributed by atoms with Gasteiger partial charge in [0.15, 0.2) is 0 Å². The highest BCUT2D eigenvalue weighted by atomic mass is 35.5. The fourth-order valence-corrected chi connectivity index (χ4v) is 0.911. The Hall–Kier alpha value is -0.0100. The number of aliphatic hydroxyl groups excluding tert-OH is 1. The van der Waals surface area contributed by atoms with Crippen LogP contribution in [0.25, 0.3) is 0 Å². The van der Waals surface area contributed by atoms with Gasteiger partial charge >= 0.3 is 0 Å². The molecule has 0 aliphatic heterocycles. The second kappa shape index (κ2) is 1.74. The summed E-state index contributed by atoms with van der Waals surface area (Å²) in [5, 5.41) is 9.04. The number of hydrogen-bond donors (Lipinski definition) is 1. The molecule has 0 aromatic heterocycles. The smallest absolute Gasteiger partial charge is 0.0912 e. The number of aliphatic hydroxyl groups is 1. The Balaban J connectivity index is 2.64. The highest BCUT2D eigenvalue weighted by molar-refractivity contribution is 6.24. The van der Waals surface area contributed by atoms with E-state index in [1.165, 1.54) is 0 Å². The van der Waals surface area contributed by atoms with Gasteiger partial charge in [0.25, 0.3) is 0 Å². The van der Waals surface area contributed by atoms with Crippen molar-refractivity contribution >= 4 is 11.6 Å². The maximum atomic E-state index is 9.04. The van der Waals surface area contributed by atoms with Gasteiger partial charge in [0, 0.05) is 0 Å². The Kier molecular flexibility index (Phi) is 1.33. The molecular formula is C6H9ClO. The van der Waals surface area contributed by atoms with Gasteiger partial charge in [0.05, 0.1) is 11.0 Å². The molecule has 0 radical (unpaired) electrons. The molecule has 1 aliphatic carbocycles. The summed E-state index contributed by atoms with van der Waals surface area (Å²) < 4.78 is 0. The average molecular weight is 133 g/mol. The lowest BCUT2D eigenvalue weighted by Gasteiger charge is -2.18. The molecule has 8 heavy (non-hydrogen) atoms. The van der Waals surface area contributed by atoms with Crippen LogP contribution >= 0.6 is 11.6 Å². The van der Waals surface area contributed by atoms with Gasteiger partial charge in [-0.3, -0.25) is 0 Å². The predicted octanol–water partition coefficient (Wildman–Crippen LogP) is 1.30. The van der Waals surface area contributed by atoms with Crippen LogP contribution in [0.15, 0.2) is 12.2 Å². The van der Waals surface area contributed by atoms with E-state index in [-0.39, 0.29) is 0 Å². The van der Waals surface area contributed by atoms with Crippen LogP contribution in [0.4, 0.5) is 0 Å². The highest BCUT2D eigenvalue weighted by Gasteiger charge is 2.30. The largest absolute Gasteiger partial charge is 0.387 e. The first-order valence-electron chi connectivity index (χ1n) is 2.66. The molecule has 0 aromatic carbocycles. The first-order valence-corrected chi connectivity index (χ1v) is 3.04. The minimum Gasteiger partial charge on any atom is -0.387 e. The second-order valence-corrected chi connectivity index (χ2v) is 3.22. The lowest BCUT2D eigenvalue weighted by Crippen LogP contribution is -2.26. The third kappa shape index (κ3) is 0.884. The zero-order chi connectivity index (χ0) is 6.20. The Labute approximate surface area is 54.0 Å². The van der Waals surface area contributed by atoms with Crippen molar-refractivity contribution in [3.8, 4) is 0 Å². The van der Waals surface area contributed by atoms with Gasteiger partial charge in [0.1, 0.15) is 0 Å². The molecule has 0 saturated carbocycles. The lowest BCUT2D eigenvalue weighted by atomic mass is 10.1. The Morgan fingerprint density at radius 3 is 2.62 bits per heavy atom. The Morgan fingerprint density at radius 2 is 2.50 bits per heavy atom. The minimum absolute atomic E-state index is 0.431. The van der Waals surface area contributed by atoms with Crippen LogP contribution in [0, 0.1) is 0 Å². The van der Waals surface area contributed by atoms with E-state index in [4.69, 9.17) is 16.7 Å². The molecule has 1 N–H and O–H groups in total. The predicted molar refractivity (Wildman–Crippen MR) is 34.0 cm³/mol. The fourth-order valence-electron chi connectivity index (χ4n) is 0.749. The molecule has 2 heteroatoms. The monoisotopic (exact) mass is 132 g/mol. The number of hydrogen-bond acceptors (Lipinski definition) is 1. The van der Waals surface area contributed by atoms with Crippen molar-refractivity contribution in [1.82, 2.24) is 0 Å². The van der Waals surface area contributed by atoms with E-state index in [1.807, 2.05) is 13.0 Å². The summed E-state index contributed by atoms with van der Waals surface area (Å²) in [5.74, 6) is 0. The molecule has 0 amide bonds. The van der Waals surface area contributed by atoms with Crippen LogP contribution in [-0.4, -0.2) is 16.1 Å². The zero-order valence-electron chi connectivity index (χ0n) is 4.76. The molecule has 0 saturated heterocycles. The SMILES string of the molecule is C[C@@]1(Cl)CC=C[C@@H]1O. The summed E-state index contributed by atoms with van der Waals surface area (Å²) in [5.41, 5.74) is 0. The van der Waals surface area contributed by atoms with Crippen molar-refractivity contribution in [1.29, 1.82) is 0 Å². The van der Waals surface area contributed by atoms with Crippen LogP contribution < -0.4 is 0 Å². The third-order valence-corrected chi connectivity index (χ3v) is 1.83. The number of allylic oxidation sites excluding steroid dienone is 1. The summed E-state index contributed by atoms with van der Waals surface area (Å²) in [4.78, 5) is -0.431. The van der Waals surface area contributed by atoms with Crippen LogP contribution in [0.3, 0.4) is 0 Å². The molecule has 46 valence electrons. The molecule has 1 nitrogen and oxygen atoms in total. The van der Waals surface area contributed by atoms with E-state index in [9.17, 15) is 0 Å². The van der Waals surface area contributed by atoms with E-state index in [0.717, 1.165) is 6.42 Å². The fraction of sp³-hybridized carbons (Fsp3) is 0.667. The van der Waals surface area contributed by atoms with Crippen molar-refractivity contribution < 1.29 is 5.11 Å². The van der Waals surface area contributed by atoms with E-state index in [2.05, 4.69) is 0 Å². The molecule has 0 unspecified atom stereocenters. The van der Waals surface area contributed by atoms with Crippen molar-refractivity contribution in [3.05, 3.63) is 12.2 Å². The normalized spacial score (nSPS) is 45.6. The quantitative estimate of drug-likeness (QED) is 0.389. The highest BCUT2D eigenvalue weighted by Crippen LogP contribution is 2.29. The Morgan fingerprint density at radius 1 is 1.88 bits per heavy atom. The van der Waals surface area contributed by atoms with Gasteiger partial charge in [-0.15, -0.1) is 11.6 Å². The molecule has 2 atom stereocenters. The first-order chi connectivity index (χ1) is 3.63. The van der Waals surface area contributed by atoms with Crippen molar-refractivity contribution in [2.24, 2.45) is 0 Å². The standard InChI is InChI=1S/C6H9ClO/c1-6(7)4-2-3-5(6)8/h2-3,5,8H,4H2,1H3/t5-,6+/m0/s1. The molecular weight excluding hydrogens is 124 g/mol. The second-order valence-electron chi connectivity index (χ2n) is 2.36. The van der Waals surface area contributed by atoms with Gasteiger partial charge in [-0.25, -0.2) is 0 Å². The van der Waals surface area contributed by atoms with E-state index in [0.29, 0.717) is 0 Å². The van der Waals surface area contributed by atoms with Gasteiger partial charge in [-0.1, -0.05) is 12.2 Å². The first kappa shape index (κ1) is 6.12. The number of rotatable bonds is 0. The molecule has 1 rings (SSSR count). The summed E-state index contributed by atoms with van der Waals surface area (Å²) in [6, 6.07) is 0. The molecule has 0 bridgehead atoms. The summed E-state index contributed by atoms with van der Waals surface area (Å²) >= 11 is 5.81. The number of alkyl halides is 1. The maximum absolute atomic E-state index is 9.04. The van der Waals surface area contributed by atoms with Gasteiger partial charge in [0.2, 0.25) is 0 Å². The topological polar surface area (TPSA) is 20.2 Å². The van der Waals surface area contributed by atoms with Crippen LogP contribution in [-0.2, 0) is 0 Å². The van der Waals surface area contributed by atoms with Crippen LogP contribution in [0.2, 0.25) is 0 Å². The summed E-state index contributed by atoms with van der Waals surface area (Å²) in [6.45, 7) is 1.83. The summed E-state index contributed by atoms with van der Waals surface area (Å²) in [7, 11) is 0. The van der Waals surface area contributed by atoms with E-state index >= 15 is 0 Å². The van der Waals surface area contributed by atoms with Gasteiger partial charge in [-0.05, 0) is 13.3 Å². The van der Waals surface area contributed by atoms with Crippen LogP contribution in [0.1, 0.15) is 13.3 Å². The van der Waals surface area contributed by atoms with Crippen molar-refractivity contribution in [2.45, 2.75) is 24.3 Å². The minimum atomic E-state index is -0.454. The zero-order valence-corrected chi connectivity index (χ0v) is 5.52. The van der Waals surface area contributed by atoms with Crippen LogP contribution in [0.5, 0.6) is 0 Å². The Bertz CT molecular complexity index is 118. The molecule has 0 aromatic rings. The molecule has 0 spiro atoms. The van der Waals surface area contributed by atoms with Gasteiger partial charge < -0.3 is 5.11 Å². The van der Waals surface area contributed by atoms with Crippen molar-refractivity contribution in [3.63, 3.8) is 0 Å². The molecule has 1 aliphatic rings. The maximum Gasteiger partial charge on any atom is 0.0912 e. The van der Waals surface area contributed by atoms with E-state index < -0.39 is 11.0 Å². The number of halogens is 1. The van der Waals surface area contributed by atoms with Crippen molar-refractivity contribution in [2.75, 3.05) is 0 Å². The van der Waals surface area contributed by atoms with E-state index in [1.54, 1.807) is 6.08 Å². The average Bonchev–Trinajstić information content (AvgIpc) is 1.86. The third-order valence-electron chi connectivity index (χ3n) is 1.45. The summed E-state index contributed by atoms with van der Waals surface area (Å²) in [6.07, 6.45) is 3.95.